The van der Waals surface area contributed by atoms with E-state index in [4.69, 9.17) is 0 Å². The summed E-state index contributed by atoms with van der Waals surface area (Å²) in [5.74, 6) is 3.04. The Kier molecular flexibility index (Phi) is 6.71. The van der Waals surface area contributed by atoms with E-state index < -0.39 is 41.6 Å². The second-order valence-corrected chi connectivity index (χ2v) is 14.7. The summed E-state index contributed by atoms with van der Waals surface area (Å²) in [5, 5.41) is 0. The van der Waals surface area contributed by atoms with Crippen LogP contribution in [0.2, 0.25) is 19.6 Å². The Morgan fingerprint density at radius 2 is 1.72 bits per heavy atom. The summed E-state index contributed by atoms with van der Waals surface area (Å²) in [6, 6.07) is 3.33. The minimum Gasteiger partial charge on any atom is -0.242 e. The van der Waals surface area contributed by atoms with E-state index in [1.807, 2.05) is 0 Å². The molecular weight excluding hydrogens is 363 g/mol. The first-order valence-corrected chi connectivity index (χ1v) is 12.7. The minimum atomic E-state index is -4.43. The molecule has 1 aromatic rings. The van der Waals surface area contributed by atoms with Gasteiger partial charge in [0.25, 0.3) is 0 Å². The maximum Gasteiger partial charge on any atom is 0.416 e. The molecule has 0 radical (unpaired) electrons. The maximum absolute atomic E-state index is 13.2. The van der Waals surface area contributed by atoms with Gasteiger partial charge >= 0.3 is 6.18 Å². The highest BCUT2D eigenvalue weighted by Crippen LogP contribution is 2.34. The fourth-order valence-electron chi connectivity index (χ4n) is 2.02. The predicted octanol–water partition coefficient (Wildman–Crippen LogP) is 4.99. The maximum atomic E-state index is 13.2. The molecule has 7 heteroatoms. The van der Waals surface area contributed by atoms with Crippen molar-refractivity contribution >= 4 is 19.1 Å². The largest absolute Gasteiger partial charge is 0.416 e. The zero-order valence-electron chi connectivity index (χ0n) is 15.8. The first-order chi connectivity index (χ1) is 11.1. The molecule has 140 valence electrons. The molecule has 0 saturated carbocycles. The van der Waals surface area contributed by atoms with Crippen molar-refractivity contribution < 1.29 is 17.4 Å². The molecule has 0 aliphatic carbocycles. The normalized spacial score (nSPS) is 15.3. The molecule has 0 fully saturated rings. The fourth-order valence-corrected chi connectivity index (χ4v) is 3.35. The Hall–Kier alpha value is -1.10. The van der Waals surface area contributed by atoms with Gasteiger partial charge in [-0.3, -0.25) is 0 Å². The van der Waals surface area contributed by atoms with Crippen LogP contribution in [0.15, 0.2) is 18.2 Å². The first kappa shape index (κ1) is 21.9. The Balaban J connectivity index is 3.43. The van der Waals surface area contributed by atoms with Crippen molar-refractivity contribution in [2.75, 3.05) is 0 Å². The SMILES string of the molecule is Cc1c([C@@H](C#C[Si](C)(C)C)N[S@@](=O)C(C)(C)C)cccc1C(F)(F)F. The average molecular weight is 390 g/mol. The van der Waals surface area contributed by atoms with Gasteiger partial charge in [0.2, 0.25) is 0 Å². The molecule has 0 heterocycles. The molecule has 0 spiro atoms. The highest BCUT2D eigenvalue weighted by Gasteiger charge is 2.34. The number of nitrogens with one attached hydrogen (secondary N) is 1. The highest BCUT2D eigenvalue weighted by molar-refractivity contribution is 7.84. The van der Waals surface area contributed by atoms with Crippen LogP contribution in [0.5, 0.6) is 0 Å². The number of rotatable bonds is 3. The van der Waals surface area contributed by atoms with Gasteiger partial charge in [0.15, 0.2) is 0 Å². The molecule has 0 bridgehead atoms. The zero-order valence-corrected chi connectivity index (χ0v) is 17.6. The minimum absolute atomic E-state index is 0.114. The Labute approximate surface area is 152 Å². The molecule has 0 amide bonds. The summed E-state index contributed by atoms with van der Waals surface area (Å²) in [7, 11) is -3.19. The topological polar surface area (TPSA) is 29.1 Å². The summed E-state index contributed by atoms with van der Waals surface area (Å²) in [6.45, 7) is 13.0. The van der Waals surface area contributed by atoms with Gasteiger partial charge in [-0.1, -0.05) is 37.7 Å². The molecule has 25 heavy (non-hydrogen) atoms. The lowest BCUT2D eigenvalue weighted by atomic mass is 9.97. The van der Waals surface area contributed by atoms with Crippen LogP contribution in [0.4, 0.5) is 13.2 Å². The van der Waals surface area contributed by atoms with Crippen LogP contribution in [0.1, 0.15) is 43.5 Å². The van der Waals surface area contributed by atoms with Crippen molar-refractivity contribution in [2.24, 2.45) is 0 Å². The molecule has 2 nitrogen and oxygen atoms in total. The molecule has 0 saturated heterocycles. The van der Waals surface area contributed by atoms with Crippen molar-refractivity contribution in [3.05, 3.63) is 34.9 Å². The van der Waals surface area contributed by atoms with Crippen LogP contribution in [0.25, 0.3) is 0 Å². The van der Waals surface area contributed by atoms with Gasteiger partial charge in [0.05, 0.1) is 21.3 Å². The molecule has 0 aliphatic rings. The average Bonchev–Trinajstić information content (AvgIpc) is 2.40. The standard InChI is InChI=1S/C18H26F3NOSSi/c1-13-14(9-8-10-15(13)18(19,20)21)16(11-12-25(5,6)7)22-24(23)17(2,3)4/h8-10,16,22H,1-7H3/t16-,24+/m1/s1. The third kappa shape index (κ3) is 6.61. The van der Waals surface area contributed by atoms with Crippen LogP contribution in [-0.2, 0) is 17.2 Å². The van der Waals surface area contributed by atoms with Crippen LogP contribution in [0, 0.1) is 18.4 Å². The second kappa shape index (κ2) is 7.64. The molecule has 0 aliphatic heterocycles. The fraction of sp³-hybridized carbons (Fsp3) is 0.556. The van der Waals surface area contributed by atoms with E-state index in [-0.39, 0.29) is 5.56 Å². The lowest BCUT2D eigenvalue weighted by Gasteiger charge is -2.24. The van der Waals surface area contributed by atoms with Crippen LogP contribution in [-0.4, -0.2) is 17.0 Å². The molecule has 1 rings (SSSR count). The smallest absolute Gasteiger partial charge is 0.242 e. The first-order valence-electron chi connectivity index (χ1n) is 8.00. The molecular formula is C18H26F3NOSSi. The van der Waals surface area contributed by atoms with E-state index in [1.165, 1.54) is 13.0 Å². The Bertz CT molecular complexity index is 706. The summed E-state index contributed by atoms with van der Waals surface area (Å²) in [5.41, 5.74) is 3.02. The molecule has 1 N–H and O–H groups in total. The van der Waals surface area contributed by atoms with Crippen molar-refractivity contribution in [3.8, 4) is 11.5 Å². The van der Waals surface area contributed by atoms with E-state index in [9.17, 15) is 17.4 Å². The van der Waals surface area contributed by atoms with Gasteiger partial charge in [-0.25, -0.2) is 8.93 Å². The number of hydrogen-bond acceptors (Lipinski definition) is 1. The number of hydrogen-bond donors (Lipinski definition) is 1. The lowest BCUT2D eigenvalue weighted by Crippen LogP contribution is -2.36. The van der Waals surface area contributed by atoms with E-state index in [0.29, 0.717) is 5.56 Å². The third-order valence-corrected chi connectivity index (χ3v) is 5.82. The van der Waals surface area contributed by atoms with Crippen LogP contribution >= 0.6 is 0 Å². The van der Waals surface area contributed by atoms with Crippen molar-refractivity contribution in [2.45, 2.75) is 64.3 Å². The van der Waals surface area contributed by atoms with E-state index >= 15 is 0 Å². The van der Waals surface area contributed by atoms with Gasteiger partial charge in [-0.2, -0.15) is 13.2 Å². The molecule has 1 aromatic carbocycles. The lowest BCUT2D eigenvalue weighted by molar-refractivity contribution is -0.138. The van der Waals surface area contributed by atoms with Gasteiger partial charge in [-0.05, 0) is 44.9 Å². The van der Waals surface area contributed by atoms with Gasteiger partial charge in [0.1, 0.15) is 14.1 Å². The highest BCUT2D eigenvalue weighted by atomic mass is 32.2. The Morgan fingerprint density at radius 3 is 2.16 bits per heavy atom. The van der Waals surface area contributed by atoms with E-state index in [2.05, 4.69) is 35.8 Å². The number of halogens is 3. The zero-order chi connectivity index (χ0) is 19.6. The van der Waals surface area contributed by atoms with Crippen molar-refractivity contribution in [1.82, 2.24) is 4.72 Å². The van der Waals surface area contributed by atoms with E-state index in [0.717, 1.165) is 6.07 Å². The van der Waals surface area contributed by atoms with Crippen molar-refractivity contribution in [3.63, 3.8) is 0 Å². The number of alkyl halides is 3. The van der Waals surface area contributed by atoms with Gasteiger partial charge < -0.3 is 0 Å². The third-order valence-electron chi connectivity index (χ3n) is 3.36. The predicted molar refractivity (Wildman–Crippen MR) is 101 cm³/mol. The van der Waals surface area contributed by atoms with Crippen LogP contribution < -0.4 is 4.72 Å². The molecule has 2 atom stereocenters. The van der Waals surface area contributed by atoms with Crippen LogP contribution in [0.3, 0.4) is 0 Å². The van der Waals surface area contributed by atoms with Gasteiger partial charge in [-0.15, -0.1) is 5.54 Å². The summed E-state index contributed by atoms with van der Waals surface area (Å²) < 4.78 is 54.5. The quantitative estimate of drug-likeness (QED) is 0.573. The summed E-state index contributed by atoms with van der Waals surface area (Å²) >= 11 is 0. The van der Waals surface area contributed by atoms with Gasteiger partial charge in [0, 0.05) is 0 Å². The van der Waals surface area contributed by atoms with E-state index in [1.54, 1.807) is 26.8 Å². The Morgan fingerprint density at radius 1 is 1.16 bits per heavy atom. The molecule has 0 aromatic heterocycles. The second-order valence-electron chi connectivity index (χ2n) is 7.97. The number of benzene rings is 1. The monoisotopic (exact) mass is 389 g/mol. The van der Waals surface area contributed by atoms with Crippen molar-refractivity contribution in [1.29, 1.82) is 0 Å². The summed E-state index contributed by atoms with van der Waals surface area (Å²) in [6.07, 6.45) is -4.43. The summed E-state index contributed by atoms with van der Waals surface area (Å²) in [4.78, 5) is 0. The molecule has 0 unspecified atom stereocenters.